The summed E-state index contributed by atoms with van der Waals surface area (Å²) in [6.45, 7) is 0. The van der Waals surface area contributed by atoms with Crippen LogP contribution in [0.15, 0.2) is 74.9 Å². The van der Waals surface area contributed by atoms with Gasteiger partial charge in [0.1, 0.15) is 0 Å². The number of aromatic nitrogens is 3. The van der Waals surface area contributed by atoms with Gasteiger partial charge in [-0.25, -0.2) is 4.98 Å². The van der Waals surface area contributed by atoms with Crippen LogP contribution in [0.1, 0.15) is 17.3 Å². The van der Waals surface area contributed by atoms with Gasteiger partial charge in [-0.1, -0.05) is 77.6 Å². The molecule has 25 heavy (non-hydrogen) atoms. The van der Waals surface area contributed by atoms with Crippen LogP contribution in [-0.4, -0.2) is 15.1 Å². The molecule has 0 atom stereocenters. The van der Waals surface area contributed by atoms with Crippen LogP contribution >= 0.6 is 23.1 Å². The topological polar surface area (TPSA) is 51.8 Å². The summed E-state index contributed by atoms with van der Waals surface area (Å²) in [5.74, 6) is 1.97. The van der Waals surface area contributed by atoms with E-state index in [4.69, 9.17) is 4.52 Å². The van der Waals surface area contributed by atoms with Crippen molar-refractivity contribution in [3.63, 3.8) is 0 Å². The van der Waals surface area contributed by atoms with Gasteiger partial charge in [0.05, 0.1) is 11.4 Å². The Morgan fingerprint density at radius 2 is 1.68 bits per heavy atom. The van der Waals surface area contributed by atoms with E-state index in [0.717, 1.165) is 15.6 Å². The summed E-state index contributed by atoms with van der Waals surface area (Å²) in [5.41, 5.74) is 3.31. The summed E-state index contributed by atoms with van der Waals surface area (Å²) < 4.78 is 6.35. The zero-order valence-corrected chi connectivity index (χ0v) is 15.0. The summed E-state index contributed by atoms with van der Waals surface area (Å²) in [7, 11) is 0. The molecule has 0 aliphatic rings. The molecule has 2 heterocycles. The molecule has 4 aromatic rings. The Balaban J connectivity index is 1.37. The first kappa shape index (κ1) is 16.1. The Morgan fingerprint density at radius 3 is 2.48 bits per heavy atom. The third-order valence-electron chi connectivity index (χ3n) is 3.59. The largest absolute Gasteiger partial charge is 0.338 e. The number of hydrogen-bond acceptors (Lipinski definition) is 6. The molecule has 2 aromatic heterocycles. The number of rotatable bonds is 6. The fraction of sp³-hybridized carbons (Fsp3) is 0.105. The number of nitrogens with zero attached hydrogens (tertiary/aromatic N) is 3. The van der Waals surface area contributed by atoms with Crippen molar-refractivity contribution in [3.05, 3.63) is 83.3 Å². The van der Waals surface area contributed by atoms with E-state index in [0.29, 0.717) is 23.9 Å². The predicted octanol–water partition coefficient (Wildman–Crippen LogP) is 5.08. The molecule has 0 fully saturated rings. The van der Waals surface area contributed by atoms with Crippen LogP contribution < -0.4 is 0 Å². The van der Waals surface area contributed by atoms with Crippen LogP contribution in [-0.2, 0) is 12.2 Å². The van der Waals surface area contributed by atoms with Gasteiger partial charge >= 0.3 is 0 Å². The maximum atomic E-state index is 5.34. The third-order valence-corrected chi connectivity index (χ3v) is 5.59. The van der Waals surface area contributed by atoms with Gasteiger partial charge in [-0.05, 0) is 5.56 Å². The van der Waals surface area contributed by atoms with Gasteiger partial charge in [-0.15, -0.1) is 11.3 Å². The van der Waals surface area contributed by atoms with E-state index in [1.54, 1.807) is 23.1 Å². The van der Waals surface area contributed by atoms with Gasteiger partial charge in [-0.3, -0.25) is 0 Å². The molecule has 0 spiro atoms. The molecule has 4 nitrogen and oxygen atoms in total. The lowest BCUT2D eigenvalue weighted by Gasteiger charge is -1.95. The minimum Gasteiger partial charge on any atom is -0.338 e. The van der Waals surface area contributed by atoms with E-state index in [1.165, 1.54) is 5.56 Å². The van der Waals surface area contributed by atoms with Gasteiger partial charge in [-0.2, -0.15) is 4.98 Å². The van der Waals surface area contributed by atoms with Crippen molar-refractivity contribution in [1.82, 2.24) is 15.1 Å². The molecule has 0 amide bonds. The molecule has 0 unspecified atom stereocenters. The monoisotopic (exact) mass is 365 g/mol. The fourth-order valence-corrected chi connectivity index (χ4v) is 4.06. The van der Waals surface area contributed by atoms with Crippen LogP contribution in [0.3, 0.4) is 0 Å². The second-order valence-electron chi connectivity index (χ2n) is 5.42. The average molecular weight is 365 g/mol. The lowest BCUT2D eigenvalue weighted by atomic mass is 10.1. The minimum absolute atomic E-state index is 0.629. The number of benzene rings is 2. The highest BCUT2D eigenvalue weighted by Gasteiger charge is 2.10. The fourth-order valence-electron chi connectivity index (χ4n) is 2.39. The average Bonchev–Trinajstić information content (AvgIpc) is 3.31. The van der Waals surface area contributed by atoms with Crippen molar-refractivity contribution in [2.45, 2.75) is 16.5 Å². The van der Waals surface area contributed by atoms with Crippen molar-refractivity contribution in [3.8, 4) is 11.3 Å². The predicted molar refractivity (Wildman–Crippen MR) is 101 cm³/mol. The first-order valence-corrected chi connectivity index (χ1v) is 9.72. The maximum Gasteiger partial charge on any atom is 0.237 e. The van der Waals surface area contributed by atoms with Crippen LogP contribution in [0.25, 0.3) is 11.3 Å². The Bertz CT molecular complexity index is 935. The van der Waals surface area contributed by atoms with E-state index >= 15 is 0 Å². The van der Waals surface area contributed by atoms with Crippen molar-refractivity contribution in [1.29, 1.82) is 0 Å². The molecule has 0 radical (unpaired) electrons. The second-order valence-corrected chi connectivity index (χ2v) is 7.50. The molecule has 0 N–H and O–H groups in total. The maximum absolute atomic E-state index is 5.34. The van der Waals surface area contributed by atoms with Gasteiger partial charge in [0, 0.05) is 17.4 Å². The lowest BCUT2D eigenvalue weighted by molar-refractivity contribution is 0.386. The van der Waals surface area contributed by atoms with Crippen LogP contribution in [0, 0.1) is 0 Å². The van der Waals surface area contributed by atoms with Gasteiger partial charge < -0.3 is 4.52 Å². The van der Waals surface area contributed by atoms with Crippen LogP contribution in [0.5, 0.6) is 0 Å². The second kappa shape index (κ2) is 7.63. The van der Waals surface area contributed by atoms with E-state index < -0.39 is 0 Å². The SMILES string of the molecule is c1ccc(Cc2noc(CSc3nc(-c4ccccc4)cs3)n2)cc1. The smallest absolute Gasteiger partial charge is 0.237 e. The Morgan fingerprint density at radius 1 is 0.920 bits per heavy atom. The Hall–Kier alpha value is -2.44. The summed E-state index contributed by atoms with van der Waals surface area (Å²) >= 11 is 3.25. The van der Waals surface area contributed by atoms with Gasteiger partial charge in [0.25, 0.3) is 0 Å². The number of thioether (sulfide) groups is 1. The van der Waals surface area contributed by atoms with E-state index in [9.17, 15) is 0 Å². The molecule has 0 saturated heterocycles. The summed E-state index contributed by atoms with van der Waals surface area (Å²) in [6.07, 6.45) is 0.685. The van der Waals surface area contributed by atoms with E-state index in [2.05, 4.69) is 44.8 Å². The molecular weight excluding hydrogens is 350 g/mol. The lowest BCUT2D eigenvalue weighted by Crippen LogP contribution is -1.90. The molecule has 0 aliphatic carbocycles. The van der Waals surface area contributed by atoms with Gasteiger partial charge in [0.2, 0.25) is 5.89 Å². The molecular formula is C19H15N3OS2. The molecule has 2 aromatic carbocycles. The standard InChI is InChI=1S/C19H15N3OS2/c1-3-7-14(8-4-1)11-17-21-18(23-22-17)13-25-19-20-16(12-24-19)15-9-5-2-6-10-15/h1-10,12H,11,13H2. The van der Waals surface area contributed by atoms with Crippen molar-refractivity contribution < 1.29 is 4.52 Å². The molecule has 6 heteroatoms. The molecule has 0 bridgehead atoms. The quantitative estimate of drug-likeness (QED) is 0.446. The number of thiazole rings is 1. The zero-order valence-electron chi connectivity index (χ0n) is 13.3. The van der Waals surface area contributed by atoms with Crippen molar-refractivity contribution in [2.75, 3.05) is 0 Å². The first-order chi connectivity index (χ1) is 12.4. The first-order valence-electron chi connectivity index (χ1n) is 7.86. The molecule has 124 valence electrons. The highest BCUT2D eigenvalue weighted by Crippen LogP contribution is 2.29. The molecule has 4 rings (SSSR count). The molecule has 0 saturated carbocycles. The Kier molecular flexibility index (Phi) is 4.90. The van der Waals surface area contributed by atoms with E-state index in [-0.39, 0.29) is 0 Å². The van der Waals surface area contributed by atoms with Crippen molar-refractivity contribution >= 4 is 23.1 Å². The van der Waals surface area contributed by atoms with Crippen LogP contribution in [0.4, 0.5) is 0 Å². The summed E-state index contributed by atoms with van der Waals surface area (Å²) in [6, 6.07) is 20.3. The highest BCUT2D eigenvalue weighted by atomic mass is 32.2. The third kappa shape index (κ3) is 4.15. The van der Waals surface area contributed by atoms with Gasteiger partial charge in [0.15, 0.2) is 10.2 Å². The summed E-state index contributed by atoms with van der Waals surface area (Å²) in [4.78, 5) is 9.13. The summed E-state index contributed by atoms with van der Waals surface area (Å²) in [5, 5.41) is 6.14. The van der Waals surface area contributed by atoms with E-state index in [1.807, 2.05) is 36.4 Å². The minimum atomic E-state index is 0.629. The van der Waals surface area contributed by atoms with Crippen molar-refractivity contribution in [2.24, 2.45) is 0 Å². The molecule has 0 aliphatic heterocycles. The zero-order chi connectivity index (χ0) is 16.9. The normalized spacial score (nSPS) is 10.9. The van der Waals surface area contributed by atoms with Crippen LogP contribution in [0.2, 0.25) is 0 Å². The Labute approximate surface area is 154 Å². The highest BCUT2D eigenvalue weighted by molar-refractivity contribution is 8.00. The number of hydrogen-bond donors (Lipinski definition) is 0.